The summed E-state index contributed by atoms with van der Waals surface area (Å²) >= 11 is 2.10. The first-order valence-corrected chi connectivity index (χ1v) is 5.18. The molecule has 1 rings (SSSR count). The summed E-state index contributed by atoms with van der Waals surface area (Å²) in [5.41, 5.74) is 2.13. The van der Waals surface area contributed by atoms with Gasteiger partial charge in [-0.1, -0.05) is 29.5 Å². The van der Waals surface area contributed by atoms with Gasteiger partial charge in [0.25, 0.3) is 0 Å². The largest absolute Gasteiger partial charge is 0.297 e. The van der Waals surface area contributed by atoms with Crippen LogP contribution in [0, 0.1) is 5.41 Å². The van der Waals surface area contributed by atoms with E-state index in [9.17, 15) is 0 Å². The van der Waals surface area contributed by atoms with Gasteiger partial charge in [-0.15, -0.1) is 0 Å². The first kappa shape index (κ1) is 10.3. The van der Waals surface area contributed by atoms with Crippen LogP contribution in [0.25, 0.3) is 0 Å². The Bertz CT molecular complexity index is 324. The lowest BCUT2D eigenvalue weighted by Crippen LogP contribution is -2.19. The van der Waals surface area contributed by atoms with Gasteiger partial charge in [-0.25, -0.2) is 0 Å². The number of hydrogen-bond acceptors (Lipinski definition) is 3. The molecule has 0 radical (unpaired) electrons. The fraction of sp³-hybridized carbons (Fsp3) is 0.222. The number of hydrogen-bond donors (Lipinski definition) is 1. The van der Waals surface area contributed by atoms with Gasteiger partial charge >= 0.3 is 0 Å². The van der Waals surface area contributed by atoms with Crippen LogP contribution in [0.15, 0.2) is 32.0 Å². The van der Waals surface area contributed by atoms with E-state index in [2.05, 4.69) is 32.6 Å². The van der Waals surface area contributed by atoms with E-state index >= 15 is 0 Å². The van der Waals surface area contributed by atoms with Crippen LogP contribution in [0.5, 0.6) is 0 Å². The second-order valence-corrected chi connectivity index (χ2v) is 3.17. The maximum absolute atomic E-state index is 7.60. The molecule has 0 aromatic carbocycles. The summed E-state index contributed by atoms with van der Waals surface area (Å²) in [6.07, 6.45) is 5.82. The van der Waals surface area contributed by atoms with Crippen molar-refractivity contribution < 1.29 is 0 Å². The molecule has 0 saturated carbocycles. The van der Waals surface area contributed by atoms with Gasteiger partial charge < -0.3 is 0 Å². The van der Waals surface area contributed by atoms with Gasteiger partial charge in [0.1, 0.15) is 0 Å². The standard InChI is InChI=1S/C9H10IN3/c1-2-7-5-12-6-8(11)9(7)13-4-3-10/h3-6,11H,2H2,1H3/b4-3-,11-8?,13-9-. The Kier molecular flexibility index (Phi) is 4.01. The Hall–Kier alpha value is -0.780. The van der Waals surface area contributed by atoms with Crippen LogP contribution in [-0.2, 0) is 0 Å². The van der Waals surface area contributed by atoms with E-state index in [1.54, 1.807) is 12.4 Å². The zero-order valence-corrected chi connectivity index (χ0v) is 9.45. The van der Waals surface area contributed by atoms with Gasteiger partial charge in [-0.2, -0.15) is 0 Å². The third-order valence-corrected chi connectivity index (χ3v) is 1.96. The summed E-state index contributed by atoms with van der Waals surface area (Å²) in [6.45, 7) is 2.03. The van der Waals surface area contributed by atoms with Gasteiger partial charge in [0.2, 0.25) is 0 Å². The van der Waals surface area contributed by atoms with Gasteiger partial charge in [-0.05, 0) is 16.1 Å². The molecule has 0 fully saturated rings. The van der Waals surface area contributed by atoms with E-state index in [4.69, 9.17) is 5.41 Å². The molecule has 1 N–H and O–H groups in total. The minimum atomic E-state index is 0.383. The Balaban J connectivity index is 2.99. The highest BCUT2D eigenvalue weighted by Gasteiger charge is 2.11. The highest BCUT2D eigenvalue weighted by Crippen LogP contribution is 2.09. The maximum atomic E-state index is 7.60. The predicted octanol–water partition coefficient (Wildman–Crippen LogP) is 2.73. The number of halogens is 1. The van der Waals surface area contributed by atoms with Crippen LogP contribution in [0.3, 0.4) is 0 Å². The molecule has 68 valence electrons. The first-order valence-electron chi connectivity index (χ1n) is 3.94. The molecule has 0 aromatic heterocycles. The zero-order valence-electron chi connectivity index (χ0n) is 7.29. The number of nitrogens with zero attached hydrogens (tertiary/aromatic N) is 2. The summed E-state index contributed by atoms with van der Waals surface area (Å²) in [5, 5.41) is 7.60. The maximum Gasteiger partial charge on any atom is 0.0982 e. The van der Waals surface area contributed by atoms with Gasteiger partial charge in [0, 0.05) is 12.4 Å². The number of allylic oxidation sites excluding steroid dienone is 1. The minimum absolute atomic E-state index is 0.383. The van der Waals surface area contributed by atoms with E-state index < -0.39 is 0 Å². The van der Waals surface area contributed by atoms with Crippen molar-refractivity contribution in [2.75, 3.05) is 0 Å². The summed E-state index contributed by atoms with van der Waals surface area (Å²) < 4.78 is 1.82. The molecule has 0 atom stereocenters. The lowest BCUT2D eigenvalue weighted by atomic mass is 10.0. The second-order valence-electron chi connectivity index (χ2n) is 2.45. The van der Waals surface area contributed by atoms with Gasteiger partial charge in [0.05, 0.1) is 17.6 Å². The van der Waals surface area contributed by atoms with Crippen LogP contribution in [0.1, 0.15) is 13.3 Å². The molecular formula is C9H10IN3. The van der Waals surface area contributed by atoms with Crippen LogP contribution in [0.2, 0.25) is 0 Å². The highest BCUT2D eigenvalue weighted by atomic mass is 127. The zero-order chi connectivity index (χ0) is 9.68. The first-order chi connectivity index (χ1) is 6.29. The van der Waals surface area contributed by atoms with Crippen LogP contribution in [0.4, 0.5) is 0 Å². The molecule has 1 aliphatic rings. The van der Waals surface area contributed by atoms with Crippen LogP contribution in [-0.4, -0.2) is 17.6 Å². The van der Waals surface area contributed by atoms with Crippen LogP contribution >= 0.6 is 22.6 Å². The Morgan fingerprint density at radius 2 is 2.46 bits per heavy atom. The third kappa shape index (κ3) is 2.58. The normalized spacial score (nSPS) is 20.0. The molecule has 0 spiro atoms. The second kappa shape index (κ2) is 5.06. The SMILES string of the molecule is CCC1=CN=CC(=N)/C1=N\C=C/I. The van der Waals surface area contributed by atoms with Gasteiger partial charge in [0.15, 0.2) is 0 Å². The van der Waals surface area contributed by atoms with E-state index in [1.807, 2.05) is 11.0 Å². The number of rotatable bonds is 2. The fourth-order valence-electron chi connectivity index (χ4n) is 1.01. The molecule has 0 amide bonds. The summed E-state index contributed by atoms with van der Waals surface area (Å²) in [5.74, 6) is 0. The quantitative estimate of drug-likeness (QED) is 0.759. The Labute approximate surface area is 91.0 Å². The van der Waals surface area contributed by atoms with Gasteiger partial charge in [-0.3, -0.25) is 15.4 Å². The molecule has 4 heteroatoms. The lowest BCUT2D eigenvalue weighted by molar-refractivity contribution is 1.16. The monoisotopic (exact) mass is 287 g/mol. The molecule has 13 heavy (non-hydrogen) atoms. The van der Waals surface area contributed by atoms with E-state index in [0.29, 0.717) is 5.71 Å². The van der Waals surface area contributed by atoms with Crippen molar-refractivity contribution in [2.24, 2.45) is 9.98 Å². The fourth-order valence-corrected chi connectivity index (χ4v) is 1.17. The molecule has 1 aliphatic heterocycles. The minimum Gasteiger partial charge on any atom is -0.297 e. The molecule has 3 nitrogen and oxygen atoms in total. The van der Waals surface area contributed by atoms with E-state index in [-0.39, 0.29) is 0 Å². The van der Waals surface area contributed by atoms with Crippen molar-refractivity contribution >= 4 is 40.2 Å². The highest BCUT2D eigenvalue weighted by molar-refractivity contribution is 14.1. The predicted molar refractivity (Wildman–Crippen MR) is 65.2 cm³/mol. The van der Waals surface area contributed by atoms with Crippen molar-refractivity contribution in [1.82, 2.24) is 0 Å². The third-order valence-electron chi connectivity index (χ3n) is 1.63. The average molecular weight is 287 g/mol. The number of nitrogens with one attached hydrogen (secondary N) is 1. The molecule has 0 aromatic rings. The Morgan fingerprint density at radius 3 is 3.08 bits per heavy atom. The van der Waals surface area contributed by atoms with Crippen molar-refractivity contribution in [2.45, 2.75) is 13.3 Å². The summed E-state index contributed by atoms with van der Waals surface area (Å²) in [4.78, 5) is 8.13. The lowest BCUT2D eigenvalue weighted by Gasteiger charge is -2.09. The van der Waals surface area contributed by atoms with Crippen molar-refractivity contribution in [1.29, 1.82) is 5.41 Å². The topological polar surface area (TPSA) is 48.6 Å². The van der Waals surface area contributed by atoms with Crippen molar-refractivity contribution in [3.63, 3.8) is 0 Å². The molecule has 1 heterocycles. The smallest absolute Gasteiger partial charge is 0.0982 e. The van der Waals surface area contributed by atoms with Crippen LogP contribution < -0.4 is 0 Å². The van der Waals surface area contributed by atoms with Crippen molar-refractivity contribution in [3.8, 4) is 0 Å². The summed E-state index contributed by atoms with van der Waals surface area (Å²) in [6, 6.07) is 0. The average Bonchev–Trinajstić information content (AvgIpc) is 2.15. The molecule has 0 bridgehead atoms. The van der Waals surface area contributed by atoms with E-state index in [1.165, 1.54) is 6.21 Å². The van der Waals surface area contributed by atoms with E-state index in [0.717, 1.165) is 17.7 Å². The molecule has 0 unspecified atom stereocenters. The molecular weight excluding hydrogens is 277 g/mol. The Morgan fingerprint density at radius 1 is 1.69 bits per heavy atom. The molecule has 0 aliphatic carbocycles. The number of aliphatic imine (C=N–C) groups is 2. The molecule has 0 saturated heterocycles. The summed E-state index contributed by atoms with van der Waals surface area (Å²) in [7, 11) is 0. The van der Waals surface area contributed by atoms with Crippen molar-refractivity contribution in [3.05, 3.63) is 22.1 Å².